The van der Waals surface area contributed by atoms with Crippen LogP contribution in [0.25, 0.3) is 10.6 Å². The Morgan fingerprint density at radius 1 is 1.19 bits per heavy atom. The second-order valence-corrected chi connectivity index (χ2v) is 6.42. The molecule has 1 heterocycles. The van der Waals surface area contributed by atoms with Gasteiger partial charge in [-0.25, -0.2) is 14.2 Å². The van der Waals surface area contributed by atoms with Crippen molar-refractivity contribution in [2.75, 3.05) is 11.9 Å². The van der Waals surface area contributed by atoms with Gasteiger partial charge in [0, 0.05) is 16.6 Å². The standard InChI is InChI=1S/C18H12ClFN2O3S/c19-13-8-12(6-7-14(13)20)21-16(23)9-25-18(24)15-10-26-17(22-15)11-4-2-1-3-5-11/h1-8,10H,9H2,(H,21,23). The monoisotopic (exact) mass is 390 g/mol. The second kappa shape index (κ2) is 8.07. The average molecular weight is 391 g/mol. The van der Waals surface area contributed by atoms with E-state index in [0.29, 0.717) is 10.7 Å². The van der Waals surface area contributed by atoms with Gasteiger partial charge in [0.1, 0.15) is 10.8 Å². The molecule has 0 aliphatic carbocycles. The molecule has 0 saturated heterocycles. The summed E-state index contributed by atoms with van der Waals surface area (Å²) in [6, 6.07) is 13.2. The number of halogens is 2. The van der Waals surface area contributed by atoms with Gasteiger partial charge in [0.15, 0.2) is 12.3 Å². The highest BCUT2D eigenvalue weighted by Crippen LogP contribution is 2.23. The van der Waals surface area contributed by atoms with Crippen LogP contribution in [0.1, 0.15) is 10.5 Å². The fourth-order valence-electron chi connectivity index (χ4n) is 2.06. The van der Waals surface area contributed by atoms with Crippen molar-refractivity contribution in [3.8, 4) is 10.6 Å². The van der Waals surface area contributed by atoms with Gasteiger partial charge in [-0.05, 0) is 18.2 Å². The maximum Gasteiger partial charge on any atom is 0.358 e. The number of esters is 1. The lowest BCUT2D eigenvalue weighted by Gasteiger charge is -2.06. The molecule has 0 aliphatic rings. The van der Waals surface area contributed by atoms with Gasteiger partial charge < -0.3 is 10.1 Å². The lowest BCUT2D eigenvalue weighted by molar-refractivity contribution is -0.119. The summed E-state index contributed by atoms with van der Waals surface area (Å²) in [6.07, 6.45) is 0. The summed E-state index contributed by atoms with van der Waals surface area (Å²) in [4.78, 5) is 28.1. The molecule has 26 heavy (non-hydrogen) atoms. The molecule has 1 aromatic heterocycles. The Morgan fingerprint density at radius 2 is 1.96 bits per heavy atom. The zero-order valence-electron chi connectivity index (χ0n) is 13.2. The predicted octanol–water partition coefficient (Wildman–Crippen LogP) is 4.40. The van der Waals surface area contributed by atoms with E-state index in [9.17, 15) is 14.0 Å². The first kappa shape index (κ1) is 18.0. The molecule has 0 radical (unpaired) electrons. The Morgan fingerprint density at radius 3 is 2.69 bits per heavy atom. The third-order valence-electron chi connectivity index (χ3n) is 3.27. The van der Waals surface area contributed by atoms with Crippen LogP contribution in [0.2, 0.25) is 5.02 Å². The van der Waals surface area contributed by atoms with Crippen molar-refractivity contribution in [1.82, 2.24) is 4.98 Å². The number of anilines is 1. The van der Waals surface area contributed by atoms with Gasteiger partial charge in [0.25, 0.3) is 5.91 Å². The average Bonchev–Trinajstić information content (AvgIpc) is 3.14. The van der Waals surface area contributed by atoms with Crippen LogP contribution >= 0.6 is 22.9 Å². The molecule has 1 amide bonds. The van der Waals surface area contributed by atoms with Crippen LogP contribution in [0.15, 0.2) is 53.9 Å². The molecule has 1 N–H and O–H groups in total. The SMILES string of the molecule is O=C(COC(=O)c1csc(-c2ccccc2)n1)Nc1ccc(F)c(Cl)c1. The van der Waals surface area contributed by atoms with E-state index in [1.165, 1.54) is 23.5 Å². The van der Waals surface area contributed by atoms with Crippen molar-refractivity contribution in [1.29, 1.82) is 0 Å². The highest BCUT2D eigenvalue weighted by atomic mass is 35.5. The van der Waals surface area contributed by atoms with Gasteiger partial charge in [-0.3, -0.25) is 4.79 Å². The molecule has 0 atom stereocenters. The van der Waals surface area contributed by atoms with Gasteiger partial charge in [-0.2, -0.15) is 0 Å². The van der Waals surface area contributed by atoms with E-state index in [-0.39, 0.29) is 10.7 Å². The summed E-state index contributed by atoms with van der Waals surface area (Å²) in [6.45, 7) is -0.494. The summed E-state index contributed by atoms with van der Waals surface area (Å²) in [7, 11) is 0. The van der Waals surface area contributed by atoms with E-state index in [1.54, 1.807) is 5.38 Å². The van der Waals surface area contributed by atoms with Crippen molar-refractivity contribution in [2.45, 2.75) is 0 Å². The van der Waals surface area contributed by atoms with Crippen molar-refractivity contribution in [3.63, 3.8) is 0 Å². The fraction of sp³-hybridized carbons (Fsp3) is 0.0556. The quantitative estimate of drug-likeness (QED) is 0.656. The number of nitrogens with zero attached hydrogens (tertiary/aromatic N) is 1. The number of amides is 1. The molecule has 3 rings (SSSR count). The number of rotatable bonds is 5. The Labute approximate surface area is 157 Å². The number of benzene rings is 2. The Bertz CT molecular complexity index is 947. The van der Waals surface area contributed by atoms with Gasteiger partial charge in [0.05, 0.1) is 5.02 Å². The molecule has 0 bridgehead atoms. The Balaban J connectivity index is 1.56. The molecule has 8 heteroatoms. The summed E-state index contributed by atoms with van der Waals surface area (Å²) in [5.41, 5.74) is 1.33. The van der Waals surface area contributed by atoms with Crippen molar-refractivity contribution in [2.24, 2.45) is 0 Å². The van der Waals surface area contributed by atoms with E-state index in [1.807, 2.05) is 30.3 Å². The summed E-state index contributed by atoms with van der Waals surface area (Å²) < 4.78 is 18.0. The molecular formula is C18H12ClFN2O3S. The number of aromatic nitrogens is 1. The van der Waals surface area contributed by atoms with Crippen LogP contribution in [0.4, 0.5) is 10.1 Å². The highest BCUT2D eigenvalue weighted by molar-refractivity contribution is 7.13. The van der Waals surface area contributed by atoms with Crippen LogP contribution < -0.4 is 5.32 Å². The fourth-order valence-corrected chi connectivity index (χ4v) is 3.03. The minimum atomic E-state index is -0.698. The number of ether oxygens (including phenoxy) is 1. The predicted molar refractivity (Wildman–Crippen MR) is 97.9 cm³/mol. The van der Waals surface area contributed by atoms with E-state index in [0.717, 1.165) is 11.6 Å². The molecule has 0 unspecified atom stereocenters. The molecule has 0 saturated carbocycles. The number of thiazole rings is 1. The number of carbonyl (C=O) groups is 2. The summed E-state index contributed by atoms with van der Waals surface area (Å²) >= 11 is 6.95. The topological polar surface area (TPSA) is 68.3 Å². The van der Waals surface area contributed by atoms with E-state index in [4.69, 9.17) is 16.3 Å². The largest absolute Gasteiger partial charge is 0.451 e. The van der Waals surface area contributed by atoms with Crippen LogP contribution in [-0.4, -0.2) is 23.5 Å². The van der Waals surface area contributed by atoms with Gasteiger partial charge >= 0.3 is 5.97 Å². The third kappa shape index (κ3) is 4.44. The minimum absolute atomic E-state index is 0.115. The maximum absolute atomic E-state index is 13.1. The molecular weight excluding hydrogens is 379 g/mol. The Hall–Kier alpha value is -2.77. The minimum Gasteiger partial charge on any atom is -0.451 e. The summed E-state index contributed by atoms with van der Waals surface area (Å²) in [5, 5.41) is 4.60. The van der Waals surface area contributed by atoms with Crippen molar-refractivity contribution < 1.29 is 18.7 Å². The first-order valence-electron chi connectivity index (χ1n) is 7.46. The number of carbonyl (C=O) groups excluding carboxylic acids is 2. The first-order valence-corrected chi connectivity index (χ1v) is 8.71. The molecule has 3 aromatic rings. The van der Waals surface area contributed by atoms with Crippen LogP contribution in [0.5, 0.6) is 0 Å². The van der Waals surface area contributed by atoms with Crippen LogP contribution in [-0.2, 0) is 9.53 Å². The van der Waals surface area contributed by atoms with Gasteiger partial charge in [-0.1, -0.05) is 41.9 Å². The smallest absolute Gasteiger partial charge is 0.358 e. The zero-order chi connectivity index (χ0) is 18.5. The molecule has 2 aromatic carbocycles. The molecule has 0 spiro atoms. The summed E-state index contributed by atoms with van der Waals surface area (Å²) in [5.74, 6) is -1.86. The Kier molecular flexibility index (Phi) is 5.60. The van der Waals surface area contributed by atoms with Crippen LogP contribution in [0, 0.1) is 5.82 Å². The lowest BCUT2D eigenvalue weighted by atomic mass is 10.2. The van der Waals surface area contributed by atoms with E-state index >= 15 is 0 Å². The molecule has 0 fully saturated rings. The first-order chi connectivity index (χ1) is 12.5. The second-order valence-electron chi connectivity index (χ2n) is 5.16. The van der Waals surface area contributed by atoms with Crippen molar-refractivity contribution in [3.05, 3.63) is 70.4 Å². The van der Waals surface area contributed by atoms with Gasteiger partial charge in [0.2, 0.25) is 0 Å². The van der Waals surface area contributed by atoms with Crippen LogP contribution in [0.3, 0.4) is 0 Å². The zero-order valence-corrected chi connectivity index (χ0v) is 14.8. The lowest BCUT2D eigenvalue weighted by Crippen LogP contribution is -2.21. The maximum atomic E-state index is 13.1. The number of hydrogen-bond donors (Lipinski definition) is 1. The third-order valence-corrected chi connectivity index (χ3v) is 4.45. The van der Waals surface area contributed by atoms with E-state index in [2.05, 4.69) is 10.3 Å². The van der Waals surface area contributed by atoms with E-state index < -0.39 is 24.3 Å². The number of hydrogen-bond acceptors (Lipinski definition) is 5. The molecule has 0 aliphatic heterocycles. The molecule has 132 valence electrons. The normalized spacial score (nSPS) is 10.4. The highest BCUT2D eigenvalue weighted by Gasteiger charge is 2.15. The molecule has 5 nitrogen and oxygen atoms in total. The van der Waals surface area contributed by atoms with Gasteiger partial charge in [-0.15, -0.1) is 11.3 Å². The van der Waals surface area contributed by atoms with Crippen molar-refractivity contribution >= 4 is 40.5 Å². The number of nitrogens with one attached hydrogen (secondary N) is 1.